The Kier molecular flexibility index (Phi) is 7.60. The number of carbonyl (C=O) groups is 1. The highest BCUT2D eigenvalue weighted by Crippen LogP contribution is 2.55. The zero-order chi connectivity index (χ0) is 22.1. The van der Waals surface area contributed by atoms with Gasteiger partial charge in [0.1, 0.15) is 0 Å². The van der Waals surface area contributed by atoms with Gasteiger partial charge in [0.25, 0.3) is 0 Å². The van der Waals surface area contributed by atoms with Crippen molar-refractivity contribution < 1.29 is 9.53 Å². The molecule has 1 heterocycles. The second-order valence-corrected chi connectivity index (χ2v) is 17.3. The van der Waals surface area contributed by atoms with Crippen LogP contribution in [-0.2, 0) is 9.53 Å². The Morgan fingerprint density at radius 1 is 0.933 bits per heavy atom. The molecule has 0 aromatic heterocycles. The second-order valence-electron chi connectivity index (χ2n) is 11.3. The predicted octanol–water partition coefficient (Wildman–Crippen LogP) is 6.95. The van der Waals surface area contributed by atoms with E-state index in [0.717, 1.165) is 31.3 Å². The molecule has 0 N–H and O–H groups in total. The first-order valence-electron chi connectivity index (χ1n) is 12.8. The average molecular weight is 434 g/mol. The Bertz CT molecular complexity index is 626. The van der Waals surface area contributed by atoms with Crippen molar-refractivity contribution in [3.05, 3.63) is 11.3 Å². The lowest BCUT2D eigenvalue weighted by atomic mass is 9.76. The number of ketones is 1. The van der Waals surface area contributed by atoms with Gasteiger partial charge in [-0.25, -0.2) is 0 Å². The Balaban J connectivity index is 2.10. The number of rotatable bonds is 7. The number of ether oxygens (including phenoxy) is 1. The first-order chi connectivity index (χ1) is 14.2. The van der Waals surface area contributed by atoms with Crippen LogP contribution in [0.5, 0.6) is 0 Å². The minimum atomic E-state index is -1.66. The van der Waals surface area contributed by atoms with Crippen LogP contribution in [-0.4, -0.2) is 44.5 Å². The molecule has 1 saturated heterocycles. The van der Waals surface area contributed by atoms with E-state index in [1.54, 1.807) is 7.11 Å². The number of methoxy groups -OCH3 is 1. The van der Waals surface area contributed by atoms with Crippen LogP contribution < -0.4 is 0 Å². The number of piperidine rings is 1. The van der Waals surface area contributed by atoms with Gasteiger partial charge < -0.3 is 4.74 Å². The maximum atomic E-state index is 14.1. The maximum Gasteiger partial charge on any atom is 0.218 e. The lowest BCUT2D eigenvalue weighted by molar-refractivity contribution is -0.132. The summed E-state index contributed by atoms with van der Waals surface area (Å²) in [4.78, 5) is 16.8. The molecule has 3 aliphatic rings. The maximum absolute atomic E-state index is 14.1. The van der Waals surface area contributed by atoms with Crippen LogP contribution in [0.1, 0.15) is 92.9 Å². The minimum absolute atomic E-state index is 0.303. The normalized spacial score (nSPS) is 29.1. The Morgan fingerprint density at radius 2 is 1.50 bits per heavy atom. The molecule has 0 aromatic rings. The van der Waals surface area contributed by atoms with Crippen LogP contribution in [0.3, 0.4) is 0 Å². The molecule has 1 aliphatic heterocycles. The fourth-order valence-corrected chi connectivity index (χ4v) is 14.0. The fraction of sp³-hybridized carbons (Fsp3) is 0.885. The molecule has 2 aliphatic carbocycles. The standard InChI is InChI=1S/C26H47NO2Si/c1-19(2)30(20(3)4,21(5)6)18-22-23-14-10-8-11-15-26(23,25(28)24(22)29-7)27-16-12-9-13-17-27/h19-21,23H,8-18H2,1-7H3/t23-,26+/m1/s1. The summed E-state index contributed by atoms with van der Waals surface area (Å²) in [7, 11) is 0.0916. The van der Waals surface area contributed by atoms with Gasteiger partial charge in [0.05, 0.1) is 20.7 Å². The van der Waals surface area contributed by atoms with Crippen molar-refractivity contribution in [3.8, 4) is 0 Å². The highest BCUT2D eigenvalue weighted by atomic mass is 28.3. The van der Waals surface area contributed by atoms with Gasteiger partial charge in [-0.1, -0.05) is 83.8 Å². The monoisotopic (exact) mass is 433 g/mol. The molecule has 3 rings (SSSR count). The third-order valence-electron chi connectivity index (χ3n) is 9.28. The summed E-state index contributed by atoms with van der Waals surface area (Å²) in [5.74, 6) is 1.49. The zero-order valence-corrected chi connectivity index (χ0v) is 21.9. The van der Waals surface area contributed by atoms with Crippen molar-refractivity contribution in [1.29, 1.82) is 0 Å². The summed E-state index contributed by atoms with van der Waals surface area (Å²) in [6.07, 6.45) is 9.71. The van der Waals surface area contributed by atoms with Crippen molar-refractivity contribution in [2.24, 2.45) is 5.92 Å². The highest BCUT2D eigenvalue weighted by Gasteiger charge is 2.59. The zero-order valence-electron chi connectivity index (χ0n) is 20.9. The SMILES string of the molecule is COC1=C(C[Si](C(C)C)(C(C)C)C(C)C)[C@H]2CCCCC[C@@]2(N2CCCCC2)C1=O. The van der Waals surface area contributed by atoms with Crippen LogP contribution in [0.4, 0.5) is 0 Å². The van der Waals surface area contributed by atoms with E-state index in [-0.39, 0.29) is 5.54 Å². The van der Waals surface area contributed by atoms with E-state index in [1.165, 1.54) is 50.5 Å². The molecule has 30 heavy (non-hydrogen) atoms. The predicted molar refractivity (Wildman–Crippen MR) is 130 cm³/mol. The number of carbonyl (C=O) groups excluding carboxylic acids is 1. The number of Topliss-reactive ketones (excluding diaryl/α,β-unsaturated/α-hetero) is 1. The Hall–Kier alpha value is -0.613. The van der Waals surface area contributed by atoms with Crippen LogP contribution >= 0.6 is 0 Å². The Morgan fingerprint density at radius 3 is 2.03 bits per heavy atom. The number of fused-ring (bicyclic) bond motifs is 1. The van der Waals surface area contributed by atoms with Crippen LogP contribution in [0.15, 0.2) is 11.3 Å². The van der Waals surface area contributed by atoms with Crippen LogP contribution in [0.2, 0.25) is 22.7 Å². The fourth-order valence-electron chi connectivity index (χ4n) is 7.75. The summed E-state index contributed by atoms with van der Waals surface area (Å²) in [6.45, 7) is 16.9. The molecule has 0 bridgehead atoms. The van der Waals surface area contributed by atoms with Gasteiger partial charge >= 0.3 is 0 Å². The summed E-state index contributed by atoms with van der Waals surface area (Å²) < 4.78 is 6.00. The lowest BCUT2D eigenvalue weighted by Crippen LogP contribution is -2.58. The minimum Gasteiger partial charge on any atom is -0.493 e. The smallest absolute Gasteiger partial charge is 0.218 e. The van der Waals surface area contributed by atoms with Gasteiger partial charge in [-0.15, -0.1) is 0 Å². The van der Waals surface area contributed by atoms with Gasteiger partial charge in [-0.2, -0.15) is 0 Å². The third-order valence-corrected chi connectivity index (χ3v) is 16.7. The molecular formula is C26H47NO2Si. The van der Waals surface area contributed by atoms with Gasteiger partial charge in [-0.3, -0.25) is 9.69 Å². The van der Waals surface area contributed by atoms with Crippen molar-refractivity contribution in [2.45, 2.75) is 121 Å². The molecule has 172 valence electrons. The first-order valence-corrected chi connectivity index (χ1v) is 15.2. The van der Waals surface area contributed by atoms with E-state index < -0.39 is 8.07 Å². The molecule has 0 aromatic carbocycles. The van der Waals surface area contributed by atoms with Crippen molar-refractivity contribution in [1.82, 2.24) is 4.90 Å². The first kappa shape index (κ1) is 24.0. The van der Waals surface area contributed by atoms with E-state index in [1.807, 2.05) is 0 Å². The second kappa shape index (κ2) is 9.48. The van der Waals surface area contributed by atoms with E-state index >= 15 is 0 Å². The number of nitrogens with zero attached hydrogens (tertiary/aromatic N) is 1. The Labute approximate surface area is 187 Å². The van der Waals surface area contributed by atoms with Gasteiger partial charge in [0.15, 0.2) is 5.76 Å². The summed E-state index contributed by atoms with van der Waals surface area (Å²) >= 11 is 0. The average Bonchev–Trinajstić information content (AvgIpc) is 2.84. The molecule has 3 nitrogen and oxygen atoms in total. The van der Waals surface area contributed by atoms with Gasteiger partial charge in [0, 0.05) is 5.92 Å². The molecule has 1 saturated carbocycles. The largest absolute Gasteiger partial charge is 0.493 e. The van der Waals surface area contributed by atoms with Crippen molar-refractivity contribution in [2.75, 3.05) is 20.2 Å². The molecule has 0 radical (unpaired) electrons. The van der Waals surface area contributed by atoms with Gasteiger partial charge in [-0.05, 0) is 50.4 Å². The summed E-state index contributed by atoms with van der Waals surface area (Å²) in [6, 6.07) is 1.15. The van der Waals surface area contributed by atoms with E-state index in [9.17, 15) is 4.79 Å². The number of likely N-dealkylation sites (tertiary alicyclic amines) is 1. The molecule has 0 spiro atoms. The lowest BCUT2D eigenvalue weighted by Gasteiger charge is -2.48. The molecule has 0 amide bonds. The molecular weight excluding hydrogens is 386 g/mol. The molecule has 2 atom stereocenters. The highest BCUT2D eigenvalue weighted by molar-refractivity contribution is 6.84. The quantitative estimate of drug-likeness (QED) is 0.407. The molecule has 4 heteroatoms. The van der Waals surface area contributed by atoms with E-state index in [0.29, 0.717) is 28.3 Å². The summed E-state index contributed by atoms with van der Waals surface area (Å²) in [5, 5.41) is 0. The van der Waals surface area contributed by atoms with Crippen LogP contribution in [0.25, 0.3) is 0 Å². The van der Waals surface area contributed by atoms with Crippen molar-refractivity contribution >= 4 is 13.9 Å². The molecule has 2 fully saturated rings. The van der Waals surface area contributed by atoms with Crippen LogP contribution in [0, 0.1) is 5.92 Å². The van der Waals surface area contributed by atoms with E-state index in [2.05, 4.69) is 46.4 Å². The molecule has 0 unspecified atom stereocenters. The number of hydrogen-bond donors (Lipinski definition) is 0. The number of hydrogen-bond acceptors (Lipinski definition) is 3. The van der Waals surface area contributed by atoms with E-state index in [4.69, 9.17) is 4.74 Å². The third kappa shape index (κ3) is 3.74. The van der Waals surface area contributed by atoms with Gasteiger partial charge in [0.2, 0.25) is 5.78 Å². The summed E-state index contributed by atoms with van der Waals surface area (Å²) in [5.41, 5.74) is 3.23. The topological polar surface area (TPSA) is 29.5 Å². The van der Waals surface area contributed by atoms with Crippen molar-refractivity contribution in [3.63, 3.8) is 0 Å².